The number of rotatable bonds is 7. The summed E-state index contributed by atoms with van der Waals surface area (Å²) in [4.78, 5) is 22.0. The first-order chi connectivity index (χ1) is 15.2. The van der Waals surface area contributed by atoms with Gasteiger partial charge in [-0.05, 0) is 42.8 Å². The number of nitrogens with zero attached hydrogens (tertiary/aromatic N) is 2. The van der Waals surface area contributed by atoms with Gasteiger partial charge in [-0.25, -0.2) is 13.8 Å². The number of nitro benzene ring substituents is 1. The van der Waals surface area contributed by atoms with Crippen LogP contribution >= 0.6 is 0 Å². The van der Waals surface area contributed by atoms with Gasteiger partial charge in [0.1, 0.15) is 5.75 Å². The lowest BCUT2D eigenvalue weighted by Gasteiger charge is -2.09. The summed E-state index contributed by atoms with van der Waals surface area (Å²) in [5.74, 6) is -0.760. The van der Waals surface area contributed by atoms with Gasteiger partial charge in [0.25, 0.3) is 21.6 Å². The number of sulfonamides is 1. The van der Waals surface area contributed by atoms with Gasteiger partial charge >= 0.3 is 0 Å². The Morgan fingerprint density at radius 1 is 1.00 bits per heavy atom. The molecule has 0 aliphatic carbocycles. The molecule has 3 aromatic rings. The standard InChI is InChI=1S/C21H18N4O6S/c1-14(22-23-21(27)17-6-2-4-8-19(17)26)15-10-12-16(13-11-15)24-32(30,31)20-9-5-3-7-18(20)25(28)29/h2-13,24,26H,1H3,(H,23,27)/b22-14+. The SMILES string of the molecule is C/C(=N\NC(=O)c1ccccc1O)c1ccc(NS(=O)(=O)c2ccccc2[N+](=O)[O-])cc1. The van der Waals surface area contributed by atoms with Gasteiger partial charge in [0.15, 0.2) is 4.90 Å². The molecule has 3 aromatic carbocycles. The maximum atomic E-state index is 12.6. The number of benzene rings is 3. The van der Waals surface area contributed by atoms with Crippen molar-refractivity contribution in [2.45, 2.75) is 11.8 Å². The molecule has 0 aliphatic rings. The van der Waals surface area contributed by atoms with Crippen molar-refractivity contribution in [1.29, 1.82) is 0 Å². The summed E-state index contributed by atoms with van der Waals surface area (Å²) in [5.41, 5.74) is 3.11. The molecule has 164 valence electrons. The van der Waals surface area contributed by atoms with Crippen LogP contribution in [-0.2, 0) is 10.0 Å². The zero-order valence-corrected chi connectivity index (χ0v) is 17.5. The van der Waals surface area contributed by atoms with Gasteiger partial charge in [0.2, 0.25) is 0 Å². The Morgan fingerprint density at radius 3 is 2.28 bits per heavy atom. The number of aromatic hydroxyl groups is 1. The van der Waals surface area contributed by atoms with Crippen LogP contribution in [0.25, 0.3) is 0 Å². The van der Waals surface area contributed by atoms with Crippen LogP contribution < -0.4 is 10.1 Å². The molecule has 0 saturated carbocycles. The largest absolute Gasteiger partial charge is 0.507 e. The Hall–Kier alpha value is -4.25. The summed E-state index contributed by atoms with van der Waals surface area (Å²) >= 11 is 0. The fourth-order valence-corrected chi connectivity index (χ4v) is 3.98. The van der Waals surface area contributed by atoms with Crippen LogP contribution in [0, 0.1) is 10.1 Å². The normalized spacial score (nSPS) is 11.6. The lowest BCUT2D eigenvalue weighted by molar-refractivity contribution is -0.387. The number of phenols is 1. The molecular formula is C21H18N4O6S. The molecule has 10 nitrogen and oxygen atoms in total. The number of hydrogen-bond acceptors (Lipinski definition) is 7. The van der Waals surface area contributed by atoms with Crippen molar-refractivity contribution in [3.8, 4) is 5.75 Å². The molecule has 3 N–H and O–H groups in total. The van der Waals surface area contributed by atoms with E-state index >= 15 is 0 Å². The number of anilines is 1. The van der Waals surface area contributed by atoms with Crippen molar-refractivity contribution in [2.75, 3.05) is 4.72 Å². The van der Waals surface area contributed by atoms with Gasteiger partial charge in [-0.1, -0.05) is 36.4 Å². The number of hydrogen-bond donors (Lipinski definition) is 3. The van der Waals surface area contributed by atoms with Crippen LogP contribution in [0.4, 0.5) is 11.4 Å². The Labute approximate surface area is 183 Å². The summed E-state index contributed by atoms with van der Waals surface area (Å²) in [6.45, 7) is 1.64. The van der Waals surface area contributed by atoms with Gasteiger partial charge in [-0.3, -0.25) is 19.6 Å². The molecule has 11 heteroatoms. The predicted molar refractivity (Wildman–Crippen MR) is 118 cm³/mol. The third-order valence-corrected chi connectivity index (χ3v) is 5.81. The van der Waals surface area contributed by atoms with E-state index < -0.39 is 31.4 Å². The van der Waals surface area contributed by atoms with E-state index in [0.29, 0.717) is 11.3 Å². The maximum Gasteiger partial charge on any atom is 0.289 e. The first kappa shape index (κ1) is 22.4. The average Bonchev–Trinajstić information content (AvgIpc) is 2.77. The second-order valence-electron chi connectivity index (χ2n) is 6.56. The molecule has 0 aliphatic heterocycles. The number of nitrogens with one attached hydrogen (secondary N) is 2. The number of amides is 1. The Morgan fingerprint density at radius 2 is 1.62 bits per heavy atom. The van der Waals surface area contributed by atoms with Crippen LogP contribution in [0.1, 0.15) is 22.8 Å². The first-order valence-electron chi connectivity index (χ1n) is 9.18. The minimum absolute atomic E-state index is 0.0730. The summed E-state index contributed by atoms with van der Waals surface area (Å²) in [7, 11) is -4.18. The fraction of sp³-hybridized carbons (Fsp3) is 0.0476. The zero-order valence-electron chi connectivity index (χ0n) is 16.7. The number of carbonyl (C=O) groups excluding carboxylic acids is 1. The lowest BCUT2D eigenvalue weighted by atomic mass is 10.1. The molecule has 0 radical (unpaired) electrons. The van der Waals surface area contributed by atoms with Crippen molar-refractivity contribution >= 4 is 33.0 Å². The van der Waals surface area contributed by atoms with Crippen LogP contribution in [0.15, 0.2) is 82.8 Å². The van der Waals surface area contributed by atoms with Crippen molar-refractivity contribution in [2.24, 2.45) is 5.10 Å². The minimum Gasteiger partial charge on any atom is -0.507 e. The van der Waals surface area contributed by atoms with Crippen LogP contribution in [-0.4, -0.2) is 30.1 Å². The number of phenolic OH excluding ortho intramolecular Hbond substituents is 1. The summed E-state index contributed by atoms with van der Waals surface area (Å²) in [5, 5.41) is 24.8. The van der Waals surface area contributed by atoms with Gasteiger partial charge < -0.3 is 5.11 Å². The Kier molecular flexibility index (Phi) is 6.50. The van der Waals surface area contributed by atoms with E-state index in [-0.39, 0.29) is 17.0 Å². The van der Waals surface area contributed by atoms with Crippen LogP contribution in [0.5, 0.6) is 5.75 Å². The molecule has 0 aromatic heterocycles. The van der Waals surface area contributed by atoms with E-state index in [0.717, 1.165) is 12.1 Å². The molecule has 0 bridgehead atoms. The van der Waals surface area contributed by atoms with Crippen LogP contribution in [0.2, 0.25) is 0 Å². The van der Waals surface area contributed by atoms with Crippen molar-refractivity contribution < 1.29 is 23.2 Å². The highest BCUT2D eigenvalue weighted by Gasteiger charge is 2.25. The van der Waals surface area contributed by atoms with E-state index in [1.807, 2.05) is 0 Å². The second-order valence-corrected chi connectivity index (χ2v) is 8.21. The smallest absolute Gasteiger partial charge is 0.289 e. The zero-order chi connectivity index (χ0) is 23.3. The topological polar surface area (TPSA) is 151 Å². The highest BCUT2D eigenvalue weighted by Crippen LogP contribution is 2.25. The summed E-state index contributed by atoms with van der Waals surface area (Å²) in [6.07, 6.45) is 0. The van der Waals surface area contributed by atoms with E-state index in [1.165, 1.54) is 36.4 Å². The molecule has 3 rings (SSSR count). The predicted octanol–water partition coefficient (Wildman–Crippen LogP) is 3.26. The first-order valence-corrected chi connectivity index (χ1v) is 10.7. The van der Waals surface area contributed by atoms with Gasteiger partial charge in [0, 0.05) is 11.8 Å². The monoisotopic (exact) mass is 454 g/mol. The number of hydrazone groups is 1. The Balaban J connectivity index is 1.73. The summed E-state index contributed by atoms with van der Waals surface area (Å²) in [6, 6.07) is 17.1. The molecule has 0 atom stereocenters. The molecule has 1 amide bonds. The van der Waals surface area contributed by atoms with Gasteiger partial charge in [0.05, 0.1) is 16.2 Å². The van der Waals surface area contributed by atoms with Gasteiger partial charge in [-0.15, -0.1) is 0 Å². The third kappa shape index (κ3) is 5.08. The molecule has 0 heterocycles. The number of nitro groups is 1. The van der Waals surface area contributed by atoms with E-state index in [2.05, 4.69) is 15.2 Å². The number of carbonyl (C=O) groups is 1. The highest BCUT2D eigenvalue weighted by atomic mass is 32.2. The third-order valence-electron chi connectivity index (χ3n) is 4.38. The second kappa shape index (κ2) is 9.27. The fourth-order valence-electron chi connectivity index (χ4n) is 2.75. The van der Waals surface area contributed by atoms with Crippen molar-refractivity contribution in [3.05, 3.63) is 94.0 Å². The number of para-hydroxylation sites is 2. The molecule has 0 unspecified atom stereocenters. The van der Waals surface area contributed by atoms with Gasteiger partial charge in [-0.2, -0.15) is 5.10 Å². The van der Waals surface area contributed by atoms with Crippen molar-refractivity contribution in [1.82, 2.24) is 5.43 Å². The highest BCUT2D eigenvalue weighted by molar-refractivity contribution is 7.92. The maximum absolute atomic E-state index is 12.6. The van der Waals surface area contributed by atoms with E-state index in [4.69, 9.17) is 0 Å². The average molecular weight is 454 g/mol. The van der Waals surface area contributed by atoms with Crippen molar-refractivity contribution in [3.63, 3.8) is 0 Å². The minimum atomic E-state index is -4.18. The quantitative estimate of drug-likeness (QED) is 0.283. The molecular weight excluding hydrogens is 436 g/mol. The molecule has 32 heavy (non-hydrogen) atoms. The van der Waals surface area contributed by atoms with E-state index in [9.17, 15) is 28.4 Å². The lowest BCUT2D eigenvalue weighted by Crippen LogP contribution is -2.19. The summed E-state index contributed by atoms with van der Waals surface area (Å²) < 4.78 is 27.5. The van der Waals surface area contributed by atoms with E-state index in [1.54, 1.807) is 31.2 Å². The molecule has 0 spiro atoms. The molecule has 0 saturated heterocycles. The Bertz CT molecular complexity index is 1300. The van der Waals surface area contributed by atoms with Crippen LogP contribution in [0.3, 0.4) is 0 Å². The molecule has 0 fully saturated rings.